The van der Waals surface area contributed by atoms with Crippen molar-refractivity contribution in [3.63, 3.8) is 0 Å². The lowest BCUT2D eigenvalue weighted by Crippen LogP contribution is -2.19. The number of hydrogen-bond acceptors (Lipinski definition) is 3. The highest BCUT2D eigenvalue weighted by Crippen LogP contribution is 2.21. The lowest BCUT2D eigenvalue weighted by atomic mass is 10.2. The maximum atomic E-state index is 12.1. The highest BCUT2D eigenvalue weighted by atomic mass is 35.5. The molecule has 2 N–H and O–H groups in total. The number of nitrogens with two attached hydrogens (primary N) is 1. The quantitative estimate of drug-likeness (QED) is 0.786. The third-order valence-electron chi connectivity index (χ3n) is 3.19. The van der Waals surface area contributed by atoms with E-state index in [0.29, 0.717) is 35.5 Å². The average molecular weight is 341 g/mol. The lowest BCUT2D eigenvalue weighted by molar-refractivity contribution is 0.306. The van der Waals surface area contributed by atoms with Gasteiger partial charge in [0, 0.05) is 22.3 Å². The van der Waals surface area contributed by atoms with Crippen LogP contribution in [0.4, 0.5) is 0 Å². The van der Waals surface area contributed by atoms with E-state index < -0.39 is 0 Å². The Labute approximate surface area is 139 Å². The molecule has 1 aromatic carbocycles. The topological polar surface area (TPSA) is 57.2 Å². The molecule has 0 radical (unpaired) electrons. The van der Waals surface area contributed by atoms with Crippen molar-refractivity contribution in [2.75, 3.05) is 13.2 Å². The van der Waals surface area contributed by atoms with E-state index in [9.17, 15) is 4.79 Å². The fourth-order valence-electron chi connectivity index (χ4n) is 1.98. The molecular weight excluding hydrogens is 323 g/mol. The van der Waals surface area contributed by atoms with Crippen molar-refractivity contribution in [1.82, 2.24) is 4.57 Å². The van der Waals surface area contributed by atoms with Gasteiger partial charge in [-0.3, -0.25) is 4.79 Å². The molecule has 0 amide bonds. The maximum Gasteiger partial charge on any atom is 0.254 e. The Morgan fingerprint density at radius 2 is 1.95 bits per heavy atom. The van der Waals surface area contributed by atoms with Gasteiger partial charge >= 0.3 is 0 Å². The molecule has 118 valence electrons. The Hall–Kier alpha value is -1.49. The highest BCUT2D eigenvalue weighted by molar-refractivity contribution is 6.35. The van der Waals surface area contributed by atoms with Crippen LogP contribution < -0.4 is 16.0 Å². The van der Waals surface area contributed by atoms with Crippen LogP contribution in [0.15, 0.2) is 41.3 Å². The number of aromatic nitrogens is 1. The van der Waals surface area contributed by atoms with E-state index in [1.807, 2.05) is 6.07 Å². The number of pyridine rings is 1. The first-order valence-corrected chi connectivity index (χ1v) is 7.83. The van der Waals surface area contributed by atoms with Crippen molar-refractivity contribution >= 4 is 23.2 Å². The molecule has 1 aromatic heterocycles. The number of ether oxygens (including phenoxy) is 1. The fourth-order valence-corrected chi connectivity index (χ4v) is 2.45. The van der Waals surface area contributed by atoms with E-state index in [4.69, 9.17) is 33.7 Å². The first kappa shape index (κ1) is 16.9. The number of rotatable bonds is 7. The molecule has 0 spiro atoms. The van der Waals surface area contributed by atoms with Crippen LogP contribution in [0.5, 0.6) is 5.75 Å². The van der Waals surface area contributed by atoms with Crippen molar-refractivity contribution in [2.24, 2.45) is 5.73 Å². The van der Waals surface area contributed by atoms with E-state index in [1.165, 1.54) is 6.07 Å². The normalized spacial score (nSPS) is 10.7. The molecule has 0 unspecified atom stereocenters. The molecule has 6 heteroatoms. The fraction of sp³-hybridized carbons (Fsp3) is 0.312. The number of benzene rings is 1. The van der Waals surface area contributed by atoms with E-state index >= 15 is 0 Å². The molecule has 0 aliphatic rings. The van der Waals surface area contributed by atoms with Crippen LogP contribution >= 0.6 is 23.2 Å². The van der Waals surface area contributed by atoms with Crippen LogP contribution in [0, 0.1) is 0 Å². The van der Waals surface area contributed by atoms with Crippen LogP contribution in [0.1, 0.15) is 18.4 Å². The third-order valence-corrected chi connectivity index (χ3v) is 3.78. The Morgan fingerprint density at radius 3 is 2.64 bits per heavy atom. The Balaban J connectivity index is 2.05. The second-order valence-electron chi connectivity index (χ2n) is 4.91. The largest absolute Gasteiger partial charge is 0.493 e. The zero-order valence-electron chi connectivity index (χ0n) is 12.1. The average Bonchev–Trinajstić information content (AvgIpc) is 2.49. The summed E-state index contributed by atoms with van der Waals surface area (Å²) in [6.07, 6.45) is 3.48. The van der Waals surface area contributed by atoms with Crippen LogP contribution in [-0.2, 0) is 6.54 Å². The Morgan fingerprint density at radius 1 is 1.14 bits per heavy atom. The molecule has 0 aliphatic heterocycles. The minimum absolute atomic E-state index is 0.137. The van der Waals surface area contributed by atoms with Gasteiger partial charge in [0.25, 0.3) is 5.56 Å². The number of hydrogen-bond donors (Lipinski definition) is 1. The van der Waals surface area contributed by atoms with Crippen molar-refractivity contribution in [3.05, 3.63) is 62.5 Å². The molecule has 0 atom stereocenters. The zero-order chi connectivity index (χ0) is 15.9. The predicted molar refractivity (Wildman–Crippen MR) is 90.0 cm³/mol. The SMILES string of the molecule is NCCCCOc1ccn(Cc2ccc(Cl)cc2Cl)c(=O)c1. The minimum Gasteiger partial charge on any atom is -0.493 e. The smallest absolute Gasteiger partial charge is 0.254 e. The standard InChI is InChI=1S/C16H18Cl2N2O2/c17-13-4-3-12(15(18)9-13)11-20-7-5-14(10-16(20)21)22-8-2-1-6-19/h3-5,7,9-10H,1-2,6,8,11,19H2. The molecule has 0 saturated heterocycles. The Kier molecular flexibility index (Phi) is 6.31. The van der Waals surface area contributed by atoms with Crippen molar-refractivity contribution in [2.45, 2.75) is 19.4 Å². The number of halogens is 2. The maximum absolute atomic E-state index is 12.1. The van der Waals surface area contributed by atoms with Gasteiger partial charge in [-0.25, -0.2) is 0 Å². The summed E-state index contributed by atoms with van der Waals surface area (Å²) >= 11 is 12.0. The number of nitrogens with zero attached hydrogens (tertiary/aromatic N) is 1. The first-order chi connectivity index (χ1) is 10.6. The van der Waals surface area contributed by atoms with Crippen LogP contribution in [0.3, 0.4) is 0 Å². The molecule has 1 heterocycles. The van der Waals surface area contributed by atoms with Crippen LogP contribution in [-0.4, -0.2) is 17.7 Å². The molecule has 4 nitrogen and oxygen atoms in total. The molecule has 2 rings (SSSR count). The molecule has 22 heavy (non-hydrogen) atoms. The lowest BCUT2D eigenvalue weighted by Gasteiger charge is -2.10. The van der Waals surface area contributed by atoms with Gasteiger partial charge in [0.05, 0.1) is 13.2 Å². The van der Waals surface area contributed by atoms with Gasteiger partial charge in [0.15, 0.2) is 0 Å². The highest BCUT2D eigenvalue weighted by Gasteiger charge is 2.05. The third kappa shape index (κ3) is 4.77. The summed E-state index contributed by atoms with van der Waals surface area (Å²) in [6.45, 7) is 1.60. The molecular formula is C16H18Cl2N2O2. The van der Waals surface area contributed by atoms with Gasteiger partial charge in [0.1, 0.15) is 5.75 Å². The molecule has 0 saturated carbocycles. The number of unbranched alkanes of at least 4 members (excludes halogenated alkanes) is 1. The van der Waals surface area contributed by atoms with Crippen molar-refractivity contribution < 1.29 is 4.74 Å². The van der Waals surface area contributed by atoms with E-state index in [2.05, 4.69) is 0 Å². The van der Waals surface area contributed by atoms with Crippen molar-refractivity contribution in [1.29, 1.82) is 0 Å². The molecule has 0 fully saturated rings. The van der Waals surface area contributed by atoms with Gasteiger partial charge in [0.2, 0.25) is 0 Å². The second-order valence-corrected chi connectivity index (χ2v) is 5.75. The first-order valence-electron chi connectivity index (χ1n) is 7.07. The monoisotopic (exact) mass is 340 g/mol. The predicted octanol–water partition coefficient (Wildman–Crippen LogP) is 3.32. The summed E-state index contributed by atoms with van der Waals surface area (Å²) in [6, 6.07) is 8.48. The molecule has 0 bridgehead atoms. The van der Waals surface area contributed by atoms with E-state index in [-0.39, 0.29) is 5.56 Å². The van der Waals surface area contributed by atoms with Gasteiger partial charge in [-0.05, 0) is 43.1 Å². The van der Waals surface area contributed by atoms with Crippen LogP contribution in [0.25, 0.3) is 0 Å². The minimum atomic E-state index is -0.137. The van der Waals surface area contributed by atoms with Crippen molar-refractivity contribution in [3.8, 4) is 5.75 Å². The van der Waals surface area contributed by atoms with Gasteiger partial charge in [-0.15, -0.1) is 0 Å². The summed E-state index contributed by atoms with van der Waals surface area (Å²) in [5.74, 6) is 0.570. The molecule has 0 aliphatic carbocycles. The van der Waals surface area contributed by atoms with Gasteiger partial charge in [-0.1, -0.05) is 29.3 Å². The summed E-state index contributed by atoms with van der Waals surface area (Å²) in [5.41, 5.74) is 6.12. The van der Waals surface area contributed by atoms with E-state index in [1.54, 1.807) is 29.0 Å². The van der Waals surface area contributed by atoms with E-state index in [0.717, 1.165) is 18.4 Å². The summed E-state index contributed by atoms with van der Waals surface area (Å²) in [4.78, 5) is 12.1. The molecule has 2 aromatic rings. The second kappa shape index (κ2) is 8.22. The summed E-state index contributed by atoms with van der Waals surface area (Å²) < 4.78 is 7.09. The van der Waals surface area contributed by atoms with Gasteiger partial charge < -0.3 is 15.0 Å². The Bertz CT molecular complexity index is 686. The van der Waals surface area contributed by atoms with Crippen LogP contribution in [0.2, 0.25) is 10.0 Å². The summed E-state index contributed by atoms with van der Waals surface area (Å²) in [5, 5.41) is 1.11. The van der Waals surface area contributed by atoms with Gasteiger partial charge in [-0.2, -0.15) is 0 Å². The summed E-state index contributed by atoms with van der Waals surface area (Å²) in [7, 11) is 0. The zero-order valence-corrected chi connectivity index (χ0v) is 13.6.